The number of anilines is 1. The highest BCUT2D eigenvalue weighted by Gasteiger charge is 2.25. The third-order valence-corrected chi connectivity index (χ3v) is 8.86. The van der Waals surface area contributed by atoms with E-state index in [-0.39, 0.29) is 16.6 Å². The molecule has 0 aliphatic carbocycles. The fourth-order valence-electron chi connectivity index (χ4n) is 4.08. The summed E-state index contributed by atoms with van der Waals surface area (Å²) in [5.41, 5.74) is 4.26. The molecule has 0 aliphatic rings. The average Bonchev–Trinajstić information content (AvgIpc) is 3.39. The van der Waals surface area contributed by atoms with Gasteiger partial charge in [0.25, 0.3) is 0 Å². The molecule has 196 valence electrons. The number of aryl methyl sites for hydroxylation is 2. The van der Waals surface area contributed by atoms with Crippen molar-refractivity contribution in [1.29, 1.82) is 0 Å². The summed E-state index contributed by atoms with van der Waals surface area (Å²) in [6.45, 7) is 2.17. The van der Waals surface area contributed by atoms with Gasteiger partial charge in [-0.15, -0.1) is 0 Å². The summed E-state index contributed by atoms with van der Waals surface area (Å²) in [4.78, 5) is 4.72. The van der Waals surface area contributed by atoms with E-state index in [0.717, 1.165) is 27.0 Å². The van der Waals surface area contributed by atoms with Crippen molar-refractivity contribution in [1.82, 2.24) is 29.1 Å². The first-order valence-corrected chi connectivity index (χ1v) is 14.5. The molecule has 0 fully saturated rings. The van der Waals surface area contributed by atoms with E-state index < -0.39 is 10.0 Å². The summed E-state index contributed by atoms with van der Waals surface area (Å²) in [6, 6.07) is 17.0. The molecule has 5 rings (SSSR count). The standard InChI is InChI=1S/C25H22BrCl2N7O2S/c1-15-23(24(28)34(2)33-15)38(36,37)31-13-17-7-5-6-16(10-17)12-29-22-11-21(18-8-3-4-9-20(18)27)32-25-19(26)14-30-35(22)25/h3-11,14,29,31H,12-13H2,1-2H3. The second kappa shape index (κ2) is 10.7. The van der Waals surface area contributed by atoms with Crippen LogP contribution in [-0.4, -0.2) is 32.8 Å². The lowest BCUT2D eigenvalue weighted by molar-refractivity contribution is 0.580. The van der Waals surface area contributed by atoms with Crippen LogP contribution in [0.2, 0.25) is 10.2 Å². The number of benzene rings is 2. The number of nitrogens with one attached hydrogen (secondary N) is 2. The zero-order chi connectivity index (χ0) is 27.0. The van der Waals surface area contributed by atoms with Gasteiger partial charge in [0, 0.05) is 36.8 Å². The zero-order valence-corrected chi connectivity index (χ0v) is 24.2. The molecule has 0 unspecified atom stereocenters. The molecule has 0 radical (unpaired) electrons. The molecule has 0 amide bonds. The lowest BCUT2D eigenvalue weighted by Crippen LogP contribution is -2.24. The first-order valence-electron chi connectivity index (χ1n) is 11.4. The molecule has 0 spiro atoms. The first-order chi connectivity index (χ1) is 18.1. The quantitative estimate of drug-likeness (QED) is 0.230. The van der Waals surface area contributed by atoms with E-state index >= 15 is 0 Å². The normalized spacial score (nSPS) is 11.8. The predicted octanol–water partition coefficient (Wildman–Crippen LogP) is 5.60. The molecule has 0 atom stereocenters. The van der Waals surface area contributed by atoms with Gasteiger partial charge in [0.1, 0.15) is 15.9 Å². The zero-order valence-electron chi connectivity index (χ0n) is 20.3. The average molecular weight is 635 g/mol. The second-order valence-electron chi connectivity index (χ2n) is 8.56. The number of hydrogen-bond donors (Lipinski definition) is 2. The molecule has 3 heterocycles. The Hall–Kier alpha value is -2.96. The fraction of sp³-hybridized carbons (Fsp3) is 0.160. The molecule has 0 saturated heterocycles. The van der Waals surface area contributed by atoms with E-state index in [2.05, 4.69) is 36.2 Å². The Bertz CT molecular complexity index is 1770. The monoisotopic (exact) mass is 633 g/mol. The van der Waals surface area contributed by atoms with E-state index in [1.165, 1.54) is 4.68 Å². The van der Waals surface area contributed by atoms with Gasteiger partial charge in [-0.1, -0.05) is 65.7 Å². The van der Waals surface area contributed by atoms with Crippen LogP contribution in [0.3, 0.4) is 0 Å². The number of rotatable bonds is 8. The lowest BCUT2D eigenvalue weighted by atomic mass is 10.1. The van der Waals surface area contributed by atoms with Gasteiger partial charge in [-0.3, -0.25) is 4.68 Å². The number of fused-ring (bicyclic) bond motifs is 1. The third-order valence-electron chi connectivity index (χ3n) is 5.88. The van der Waals surface area contributed by atoms with Crippen LogP contribution in [0.4, 0.5) is 5.82 Å². The molecule has 13 heteroatoms. The van der Waals surface area contributed by atoms with Crippen molar-refractivity contribution in [3.05, 3.63) is 92.3 Å². The summed E-state index contributed by atoms with van der Waals surface area (Å²) in [6.07, 6.45) is 1.69. The molecule has 3 aromatic heterocycles. The van der Waals surface area contributed by atoms with Gasteiger partial charge in [0.05, 0.1) is 22.1 Å². The van der Waals surface area contributed by atoms with E-state index in [1.807, 2.05) is 54.6 Å². The summed E-state index contributed by atoms with van der Waals surface area (Å²) < 4.78 is 32.2. The van der Waals surface area contributed by atoms with Crippen molar-refractivity contribution >= 4 is 60.6 Å². The van der Waals surface area contributed by atoms with Crippen LogP contribution >= 0.6 is 39.1 Å². The van der Waals surface area contributed by atoms with Crippen LogP contribution in [0, 0.1) is 6.92 Å². The lowest BCUT2D eigenvalue weighted by Gasteiger charge is -2.13. The highest BCUT2D eigenvalue weighted by molar-refractivity contribution is 9.10. The largest absolute Gasteiger partial charge is 0.366 e. The predicted molar refractivity (Wildman–Crippen MR) is 152 cm³/mol. The molecule has 2 aromatic carbocycles. The fourth-order valence-corrected chi connectivity index (χ4v) is 6.42. The summed E-state index contributed by atoms with van der Waals surface area (Å²) in [7, 11) is -2.24. The number of aromatic nitrogens is 5. The summed E-state index contributed by atoms with van der Waals surface area (Å²) in [5.74, 6) is 0.725. The van der Waals surface area contributed by atoms with Gasteiger partial charge in [0.2, 0.25) is 10.0 Å². The number of halogens is 3. The SMILES string of the molecule is Cc1nn(C)c(Cl)c1S(=O)(=O)NCc1cccc(CNc2cc(-c3ccccc3Cl)nc3c(Br)cnn23)c1. The molecule has 5 aromatic rings. The Morgan fingerprint density at radius 3 is 2.47 bits per heavy atom. The first kappa shape index (κ1) is 26.6. The van der Waals surface area contributed by atoms with Crippen LogP contribution in [0.1, 0.15) is 16.8 Å². The Kier molecular flexibility index (Phi) is 7.47. The van der Waals surface area contributed by atoms with Gasteiger partial charge in [-0.05, 0) is 40.0 Å². The van der Waals surface area contributed by atoms with Crippen molar-refractivity contribution in [2.75, 3.05) is 5.32 Å². The topological polar surface area (TPSA) is 106 Å². The molecule has 38 heavy (non-hydrogen) atoms. The van der Waals surface area contributed by atoms with Crippen molar-refractivity contribution in [2.24, 2.45) is 7.05 Å². The maximum atomic E-state index is 12.9. The van der Waals surface area contributed by atoms with Crippen LogP contribution < -0.4 is 10.0 Å². The van der Waals surface area contributed by atoms with E-state index in [4.69, 9.17) is 28.2 Å². The Morgan fingerprint density at radius 1 is 1.03 bits per heavy atom. The minimum atomic E-state index is -3.84. The van der Waals surface area contributed by atoms with E-state index in [1.54, 1.807) is 24.7 Å². The molecule has 9 nitrogen and oxygen atoms in total. The number of sulfonamides is 1. The Balaban J connectivity index is 1.36. The number of hydrogen-bond acceptors (Lipinski definition) is 6. The van der Waals surface area contributed by atoms with Crippen molar-refractivity contribution in [3.8, 4) is 11.3 Å². The Morgan fingerprint density at radius 2 is 1.76 bits per heavy atom. The third kappa shape index (κ3) is 5.29. The highest BCUT2D eigenvalue weighted by Crippen LogP contribution is 2.30. The number of nitrogens with zero attached hydrogens (tertiary/aromatic N) is 5. The van der Waals surface area contributed by atoms with E-state index in [0.29, 0.717) is 28.6 Å². The van der Waals surface area contributed by atoms with Crippen LogP contribution in [-0.2, 0) is 30.2 Å². The van der Waals surface area contributed by atoms with Crippen LogP contribution in [0.25, 0.3) is 16.9 Å². The Labute approximate surface area is 238 Å². The second-order valence-corrected chi connectivity index (χ2v) is 11.9. The van der Waals surface area contributed by atoms with Gasteiger partial charge < -0.3 is 5.32 Å². The maximum absolute atomic E-state index is 12.9. The van der Waals surface area contributed by atoms with Crippen LogP contribution in [0.5, 0.6) is 0 Å². The maximum Gasteiger partial charge on any atom is 0.245 e. The molecule has 2 N–H and O–H groups in total. The van der Waals surface area contributed by atoms with Gasteiger partial charge in [-0.25, -0.2) is 18.1 Å². The molecular formula is C25H22BrCl2N7O2S. The highest BCUT2D eigenvalue weighted by atomic mass is 79.9. The van der Waals surface area contributed by atoms with Gasteiger partial charge >= 0.3 is 0 Å². The molecular weight excluding hydrogens is 613 g/mol. The van der Waals surface area contributed by atoms with Crippen molar-refractivity contribution in [2.45, 2.75) is 24.9 Å². The van der Waals surface area contributed by atoms with Crippen molar-refractivity contribution < 1.29 is 8.42 Å². The smallest absolute Gasteiger partial charge is 0.245 e. The van der Waals surface area contributed by atoms with Crippen molar-refractivity contribution in [3.63, 3.8) is 0 Å². The van der Waals surface area contributed by atoms with Gasteiger partial charge in [0.15, 0.2) is 5.65 Å². The minimum Gasteiger partial charge on any atom is -0.366 e. The van der Waals surface area contributed by atoms with E-state index in [9.17, 15) is 8.42 Å². The molecule has 0 bridgehead atoms. The van der Waals surface area contributed by atoms with Gasteiger partial charge in [-0.2, -0.15) is 14.7 Å². The summed E-state index contributed by atoms with van der Waals surface area (Å²) in [5, 5.41) is 12.6. The molecule has 0 saturated carbocycles. The summed E-state index contributed by atoms with van der Waals surface area (Å²) >= 11 is 16.1. The molecule has 0 aliphatic heterocycles. The minimum absolute atomic E-state index is 0.0131. The van der Waals surface area contributed by atoms with Crippen LogP contribution in [0.15, 0.2) is 70.2 Å².